The highest BCUT2D eigenvalue weighted by atomic mass is 32.1. The lowest BCUT2D eigenvalue weighted by atomic mass is 9.96. The third-order valence-corrected chi connectivity index (χ3v) is 11.8. The summed E-state index contributed by atoms with van der Waals surface area (Å²) in [5.74, 6) is 1.46. The molecule has 0 aliphatic carbocycles. The van der Waals surface area contributed by atoms with E-state index in [1.165, 1.54) is 42.4 Å². The number of aromatic nitrogens is 4. The molecule has 5 heteroatoms. The molecule has 0 unspecified atom stereocenters. The molecule has 11 aromatic rings. The van der Waals surface area contributed by atoms with Gasteiger partial charge in [0, 0.05) is 53.2 Å². The number of rotatable bonds is 6. The molecule has 0 atom stereocenters. The topological polar surface area (TPSA) is 51.6 Å². The molecule has 11 rings (SSSR count). The maximum absolute atomic E-state index is 5.09. The first-order chi connectivity index (χ1) is 28.2. The zero-order valence-corrected chi connectivity index (χ0v) is 31.5. The van der Waals surface area contributed by atoms with E-state index < -0.39 is 0 Å². The van der Waals surface area contributed by atoms with Crippen LogP contribution in [-0.2, 0) is 0 Å². The quantitative estimate of drug-likeness (QED) is 0.170. The molecule has 0 N–H and O–H groups in total. The van der Waals surface area contributed by atoms with Crippen LogP contribution in [0.3, 0.4) is 0 Å². The maximum Gasteiger partial charge on any atom is 0.160 e. The number of benzene rings is 8. The van der Waals surface area contributed by atoms with Gasteiger partial charge >= 0.3 is 0 Å². The van der Waals surface area contributed by atoms with Crippen molar-refractivity contribution >= 4 is 53.3 Å². The van der Waals surface area contributed by atoms with E-state index >= 15 is 0 Å². The lowest BCUT2D eigenvalue weighted by Crippen LogP contribution is -1.95. The Hall–Kier alpha value is -7.34. The van der Waals surface area contributed by atoms with Gasteiger partial charge in [-0.1, -0.05) is 170 Å². The number of hydrogen-bond acceptors (Lipinski definition) is 5. The molecule has 0 spiro atoms. The van der Waals surface area contributed by atoms with E-state index in [-0.39, 0.29) is 0 Å². The Labute approximate surface area is 333 Å². The second-order valence-corrected chi connectivity index (χ2v) is 15.3. The normalized spacial score (nSPS) is 11.5. The minimum atomic E-state index is 0.731. The average molecular weight is 745 g/mol. The standard InChI is InChI=1S/C52H32N4S/c1-3-12-37(13-4-1)51-53-44-19-9-7-16-41(44)49(55-51)35-26-22-33(23-27-35)39-30-31-43-47(32-39)57-46-21-11-18-40(48(43)46)34-24-28-36(29-25-34)50-42-17-8-10-20-45(42)54-52(56-50)38-14-5-2-6-15-38/h1-32H. The van der Waals surface area contributed by atoms with Crippen molar-refractivity contribution < 1.29 is 0 Å². The minimum Gasteiger partial charge on any atom is -0.228 e. The van der Waals surface area contributed by atoms with Crippen molar-refractivity contribution in [2.75, 3.05) is 0 Å². The number of hydrogen-bond donors (Lipinski definition) is 0. The molecule has 0 fully saturated rings. The Kier molecular flexibility index (Phi) is 7.97. The van der Waals surface area contributed by atoms with E-state index in [1.807, 2.05) is 59.9 Å². The Morgan fingerprint density at radius 3 is 1.37 bits per heavy atom. The van der Waals surface area contributed by atoms with Crippen molar-refractivity contribution in [2.45, 2.75) is 0 Å². The van der Waals surface area contributed by atoms with Crippen molar-refractivity contribution in [1.82, 2.24) is 19.9 Å². The van der Waals surface area contributed by atoms with Crippen LogP contribution in [0.5, 0.6) is 0 Å². The molecule has 0 saturated carbocycles. The number of thiophene rings is 1. The largest absolute Gasteiger partial charge is 0.228 e. The van der Waals surface area contributed by atoms with E-state index in [4.69, 9.17) is 19.9 Å². The van der Waals surface area contributed by atoms with Crippen molar-refractivity contribution in [2.24, 2.45) is 0 Å². The first kappa shape index (κ1) is 33.0. The molecule has 4 nitrogen and oxygen atoms in total. The fraction of sp³-hybridized carbons (Fsp3) is 0. The van der Waals surface area contributed by atoms with Gasteiger partial charge in [-0.2, -0.15) is 0 Å². The summed E-state index contributed by atoms with van der Waals surface area (Å²) < 4.78 is 2.55. The minimum absolute atomic E-state index is 0.731. The molecule has 0 aliphatic rings. The number of fused-ring (bicyclic) bond motifs is 5. The van der Waals surface area contributed by atoms with E-state index in [1.54, 1.807) is 0 Å². The Morgan fingerprint density at radius 1 is 0.298 bits per heavy atom. The summed E-state index contributed by atoms with van der Waals surface area (Å²) in [4.78, 5) is 20.0. The van der Waals surface area contributed by atoms with Crippen molar-refractivity contribution in [3.63, 3.8) is 0 Å². The molecule has 0 aliphatic heterocycles. The van der Waals surface area contributed by atoms with Gasteiger partial charge in [0.15, 0.2) is 11.6 Å². The van der Waals surface area contributed by atoms with Crippen LogP contribution >= 0.6 is 11.3 Å². The highest BCUT2D eigenvalue weighted by molar-refractivity contribution is 7.26. The van der Waals surface area contributed by atoms with E-state index in [0.717, 1.165) is 67.1 Å². The Morgan fingerprint density at radius 2 is 0.789 bits per heavy atom. The third-order valence-electron chi connectivity index (χ3n) is 10.7. The predicted octanol–water partition coefficient (Wildman–Crippen LogP) is 13.9. The summed E-state index contributed by atoms with van der Waals surface area (Å²) in [6.45, 7) is 0. The van der Waals surface area contributed by atoms with Gasteiger partial charge in [0.25, 0.3) is 0 Å². The summed E-state index contributed by atoms with van der Waals surface area (Å²) in [5.41, 5.74) is 12.7. The molecule has 0 radical (unpaired) electrons. The Bertz CT molecular complexity index is 3270. The summed E-state index contributed by atoms with van der Waals surface area (Å²) in [6.07, 6.45) is 0. The number of para-hydroxylation sites is 2. The summed E-state index contributed by atoms with van der Waals surface area (Å²) in [5, 5.41) is 4.64. The predicted molar refractivity (Wildman–Crippen MR) is 238 cm³/mol. The maximum atomic E-state index is 5.09. The van der Waals surface area contributed by atoms with Gasteiger partial charge in [0.2, 0.25) is 0 Å². The fourth-order valence-corrected chi connectivity index (χ4v) is 9.07. The van der Waals surface area contributed by atoms with E-state index in [0.29, 0.717) is 0 Å². The third kappa shape index (κ3) is 5.93. The van der Waals surface area contributed by atoms with Crippen molar-refractivity contribution in [3.05, 3.63) is 194 Å². The molecule has 8 aromatic carbocycles. The summed E-state index contributed by atoms with van der Waals surface area (Å²) >= 11 is 1.85. The van der Waals surface area contributed by atoms with Gasteiger partial charge in [-0.15, -0.1) is 11.3 Å². The van der Waals surface area contributed by atoms with Crippen LogP contribution in [0.25, 0.3) is 110 Å². The zero-order valence-electron chi connectivity index (χ0n) is 30.7. The molecule has 3 heterocycles. The van der Waals surface area contributed by atoms with E-state index in [9.17, 15) is 0 Å². The molecule has 0 saturated heterocycles. The van der Waals surface area contributed by atoms with Crippen LogP contribution in [0.4, 0.5) is 0 Å². The molecule has 0 bridgehead atoms. The molecule has 57 heavy (non-hydrogen) atoms. The second-order valence-electron chi connectivity index (χ2n) is 14.2. The number of nitrogens with zero attached hydrogens (tertiary/aromatic N) is 4. The summed E-state index contributed by atoms with van der Waals surface area (Å²) in [7, 11) is 0. The molecular weight excluding hydrogens is 713 g/mol. The van der Waals surface area contributed by atoms with Gasteiger partial charge in [-0.3, -0.25) is 0 Å². The lowest BCUT2D eigenvalue weighted by Gasteiger charge is -2.11. The molecular formula is C52H32N4S. The van der Waals surface area contributed by atoms with Gasteiger partial charge in [-0.05, 0) is 46.5 Å². The zero-order chi connectivity index (χ0) is 37.7. The van der Waals surface area contributed by atoms with Crippen molar-refractivity contribution in [1.29, 1.82) is 0 Å². The highest BCUT2D eigenvalue weighted by Crippen LogP contribution is 2.42. The Balaban J connectivity index is 0.934. The van der Waals surface area contributed by atoms with Crippen LogP contribution in [-0.4, -0.2) is 19.9 Å². The monoisotopic (exact) mass is 744 g/mol. The van der Waals surface area contributed by atoms with E-state index in [2.05, 4.69) is 146 Å². The van der Waals surface area contributed by atoms with Gasteiger partial charge in [0.05, 0.1) is 22.4 Å². The van der Waals surface area contributed by atoms with Gasteiger partial charge in [0.1, 0.15) is 0 Å². The first-order valence-corrected chi connectivity index (χ1v) is 19.9. The summed E-state index contributed by atoms with van der Waals surface area (Å²) in [6, 6.07) is 68.0. The molecule has 0 amide bonds. The second kappa shape index (κ2) is 13.7. The van der Waals surface area contributed by atoms with Gasteiger partial charge in [-0.25, -0.2) is 19.9 Å². The van der Waals surface area contributed by atoms with Gasteiger partial charge < -0.3 is 0 Å². The molecule has 266 valence electrons. The van der Waals surface area contributed by atoms with Crippen LogP contribution < -0.4 is 0 Å². The highest BCUT2D eigenvalue weighted by Gasteiger charge is 2.16. The fourth-order valence-electron chi connectivity index (χ4n) is 7.90. The smallest absolute Gasteiger partial charge is 0.160 e. The molecule has 3 aromatic heterocycles. The van der Waals surface area contributed by atoms with Crippen LogP contribution in [0, 0.1) is 0 Å². The van der Waals surface area contributed by atoms with Crippen LogP contribution in [0.15, 0.2) is 194 Å². The van der Waals surface area contributed by atoms with Crippen LogP contribution in [0.2, 0.25) is 0 Å². The average Bonchev–Trinajstić information content (AvgIpc) is 3.67. The lowest BCUT2D eigenvalue weighted by molar-refractivity contribution is 1.23. The SMILES string of the molecule is c1ccc(-c2nc(-c3ccc(-c4ccc5c(c4)sc4cccc(-c6ccc(-c7nc(-c8ccccc8)nc8ccccc78)cc6)c45)cc3)c3ccccc3n2)cc1. The first-order valence-electron chi connectivity index (χ1n) is 19.0. The van der Waals surface area contributed by atoms with Crippen LogP contribution in [0.1, 0.15) is 0 Å². The van der Waals surface area contributed by atoms with Crippen molar-refractivity contribution in [3.8, 4) is 67.5 Å².